The molecule has 0 aliphatic rings. The van der Waals surface area contributed by atoms with Crippen LogP contribution in [0.1, 0.15) is 16.1 Å². The maximum absolute atomic E-state index is 10.9. The van der Waals surface area contributed by atoms with Crippen LogP contribution in [0, 0.1) is 0 Å². The smallest absolute Gasteiger partial charge is 0.248 e. The fraction of sp³-hybridized carbons (Fsp3) is 0.0769. The Morgan fingerprint density at radius 1 is 1.17 bits per heavy atom. The van der Waals surface area contributed by atoms with Crippen LogP contribution in [0.25, 0.3) is 0 Å². The summed E-state index contributed by atoms with van der Waals surface area (Å²) in [6.45, 7) is 0.359. The number of pyridine rings is 1. The lowest BCUT2D eigenvalue weighted by molar-refractivity contribution is 0.100. The zero-order chi connectivity index (χ0) is 13.0. The summed E-state index contributed by atoms with van der Waals surface area (Å²) in [6, 6.07) is 11.9. The Balaban J connectivity index is 2.15. The molecular weight excluding hydrogens is 230 g/mol. The molecule has 1 heterocycles. The van der Waals surface area contributed by atoms with Crippen LogP contribution in [0.2, 0.25) is 0 Å². The zero-order valence-corrected chi connectivity index (χ0v) is 9.67. The summed E-state index contributed by atoms with van der Waals surface area (Å²) in [6.07, 6.45) is 0. The van der Waals surface area contributed by atoms with Crippen LogP contribution in [0.3, 0.4) is 0 Å². The van der Waals surface area contributed by atoms with Crippen molar-refractivity contribution in [1.29, 1.82) is 0 Å². The number of primary amides is 1. The van der Waals surface area contributed by atoms with Crippen molar-refractivity contribution in [2.45, 2.75) is 6.54 Å². The third kappa shape index (κ3) is 2.83. The van der Waals surface area contributed by atoms with E-state index >= 15 is 0 Å². The van der Waals surface area contributed by atoms with Gasteiger partial charge < -0.3 is 16.2 Å². The normalized spacial score (nSPS) is 10.1. The predicted molar refractivity (Wildman–Crippen MR) is 67.2 cm³/mol. The van der Waals surface area contributed by atoms with Crippen LogP contribution in [-0.4, -0.2) is 10.9 Å². The maximum atomic E-state index is 10.9. The molecule has 2 rings (SSSR count). The van der Waals surface area contributed by atoms with Gasteiger partial charge in [0.05, 0.1) is 5.69 Å². The minimum Gasteiger partial charge on any atom is -0.439 e. The van der Waals surface area contributed by atoms with E-state index in [9.17, 15) is 4.79 Å². The quantitative estimate of drug-likeness (QED) is 0.849. The highest BCUT2D eigenvalue weighted by Gasteiger charge is 2.02. The molecule has 4 N–H and O–H groups in total. The number of rotatable bonds is 4. The molecule has 1 aromatic heterocycles. The molecule has 0 aliphatic carbocycles. The molecule has 0 fully saturated rings. The highest BCUT2D eigenvalue weighted by atomic mass is 16.5. The van der Waals surface area contributed by atoms with E-state index < -0.39 is 5.91 Å². The fourth-order valence-corrected chi connectivity index (χ4v) is 1.44. The lowest BCUT2D eigenvalue weighted by Crippen LogP contribution is -2.10. The summed E-state index contributed by atoms with van der Waals surface area (Å²) in [5, 5.41) is 0. The highest BCUT2D eigenvalue weighted by molar-refractivity contribution is 5.92. The number of carbonyl (C=O) groups excluding carboxylic acids is 1. The number of hydrogen-bond donors (Lipinski definition) is 2. The van der Waals surface area contributed by atoms with Crippen molar-refractivity contribution in [2.24, 2.45) is 11.5 Å². The van der Waals surface area contributed by atoms with Gasteiger partial charge in [-0.2, -0.15) is 0 Å². The van der Waals surface area contributed by atoms with Gasteiger partial charge in [0.2, 0.25) is 11.8 Å². The first-order chi connectivity index (χ1) is 8.69. The molecule has 5 nitrogen and oxygen atoms in total. The Morgan fingerprint density at radius 3 is 2.50 bits per heavy atom. The van der Waals surface area contributed by atoms with Gasteiger partial charge in [-0.3, -0.25) is 4.79 Å². The molecule has 92 valence electrons. The first-order valence-corrected chi connectivity index (χ1v) is 5.43. The molecule has 2 aromatic rings. The molecule has 0 atom stereocenters. The molecule has 0 unspecified atom stereocenters. The molecule has 0 saturated heterocycles. The maximum Gasteiger partial charge on any atom is 0.248 e. The summed E-state index contributed by atoms with van der Waals surface area (Å²) >= 11 is 0. The van der Waals surface area contributed by atoms with Gasteiger partial charge in [-0.1, -0.05) is 6.07 Å². The molecule has 1 aromatic carbocycles. The Kier molecular flexibility index (Phi) is 3.54. The van der Waals surface area contributed by atoms with Gasteiger partial charge in [-0.25, -0.2) is 4.98 Å². The molecule has 0 radical (unpaired) electrons. The van der Waals surface area contributed by atoms with Crippen LogP contribution >= 0.6 is 0 Å². The van der Waals surface area contributed by atoms with E-state index in [-0.39, 0.29) is 0 Å². The van der Waals surface area contributed by atoms with Crippen LogP contribution < -0.4 is 16.2 Å². The topological polar surface area (TPSA) is 91.2 Å². The molecule has 18 heavy (non-hydrogen) atoms. The predicted octanol–water partition coefficient (Wildman–Crippen LogP) is 1.43. The van der Waals surface area contributed by atoms with Gasteiger partial charge in [0.25, 0.3) is 0 Å². The van der Waals surface area contributed by atoms with Gasteiger partial charge in [-0.15, -0.1) is 0 Å². The summed E-state index contributed by atoms with van der Waals surface area (Å²) in [5.74, 6) is 0.580. The summed E-state index contributed by atoms with van der Waals surface area (Å²) < 4.78 is 5.54. The second-order valence-corrected chi connectivity index (χ2v) is 3.66. The molecule has 0 aliphatic heterocycles. The van der Waals surface area contributed by atoms with Crippen molar-refractivity contribution < 1.29 is 9.53 Å². The zero-order valence-electron chi connectivity index (χ0n) is 9.67. The second kappa shape index (κ2) is 5.29. The van der Waals surface area contributed by atoms with E-state index in [4.69, 9.17) is 16.2 Å². The third-order valence-electron chi connectivity index (χ3n) is 2.35. The van der Waals surface area contributed by atoms with Gasteiger partial charge in [0, 0.05) is 18.2 Å². The largest absolute Gasteiger partial charge is 0.439 e. The van der Waals surface area contributed by atoms with E-state index in [0.29, 0.717) is 23.7 Å². The van der Waals surface area contributed by atoms with Crippen LogP contribution in [0.15, 0.2) is 42.5 Å². The van der Waals surface area contributed by atoms with Crippen molar-refractivity contribution in [1.82, 2.24) is 4.98 Å². The van der Waals surface area contributed by atoms with Crippen molar-refractivity contribution >= 4 is 5.91 Å². The van der Waals surface area contributed by atoms with Gasteiger partial charge in [0.1, 0.15) is 5.75 Å². The molecule has 5 heteroatoms. The lowest BCUT2D eigenvalue weighted by Gasteiger charge is -2.06. The number of ether oxygens (including phenoxy) is 1. The molecule has 0 saturated carbocycles. The number of nitrogens with two attached hydrogens (primary N) is 2. The van der Waals surface area contributed by atoms with E-state index in [2.05, 4.69) is 4.98 Å². The number of aromatic nitrogens is 1. The van der Waals surface area contributed by atoms with E-state index in [1.807, 2.05) is 12.1 Å². The monoisotopic (exact) mass is 243 g/mol. The number of hydrogen-bond acceptors (Lipinski definition) is 4. The number of nitrogens with zero attached hydrogens (tertiary/aromatic N) is 1. The van der Waals surface area contributed by atoms with E-state index in [1.54, 1.807) is 30.3 Å². The summed E-state index contributed by atoms with van der Waals surface area (Å²) in [7, 11) is 0. The first kappa shape index (κ1) is 12.1. The van der Waals surface area contributed by atoms with Gasteiger partial charge >= 0.3 is 0 Å². The standard InChI is InChI=1S/C13H13N3O2/c14-8-10-2-1-3-12(16-10)18-11-6-4-9(5-7-11)13(15)17/h1-7H,8,14H2,(H2,15,17). The Labute approximate surface area is 104 Å². The Morgan fingerprint density at radius 2 is 1.89 bits per heavy atom. The SMILES string of the molecule is NCc1cccc(Oc2ccc(C(N)=O)cc2)n1. The van der Waals surface area contributed by atoms with Crippen LogP contribution in [-0.2, 0) is 6.54 Å². The first-order valence-electron chi connectivity index (χ1n) is 5.43. The van der Waals surface area contributed by atoms with Crippen molar-refractivity contribution in [3.05, 3.63) is 53.7 Å². The minimum absolute atomic E-state index is 0.359. The summed E-state index contributed by atoms with van der Waals surface area (Å²) in [5.41, 5.74) is 11.8. The van der Waals surface area contributed by atoms with E-state index in [0.717, 1.165) is 5.69 Å². The van der Waals surface area contributed by atoms with Crippen LogP contribution in [0.5, 0.6) is 11.6 Å². The Bertz CT molecular complexity index is 552. The third-order valence-corrected chi connectivity index (χ3v) is 2.35. The van der Waals surface area contributed by atoms with Crippen molar-refractivity contribution in [3.8, 4) is 11.6 Å². The molecule has 0 bridgehead atoms. The lowest BCUT2D eigenvalue weighted by atomic mass is 10.2. The van der Waals surface area contributed by atoms with Gasteiger partial charge in [0.15, 0.2) is 0 Å². The summed E-state index contributed by atoms with van der Waals surface area (Å²) in [4.78, 5) is 15.1. The molecular formula is C13H13N3O2. The Hall–Kier alpha value is -2.40. The highest BCUT2D eigenvalue weighted by Crippen LogP contribution is 2.19. The average molecular weight is 243 g/mol. The van der Waals surface area contributed by atoms with Crippen molar-refractivity contribution in [2.75, 3.05) is 0 Å². The molecule has 1 amide bonds. The second-order valence-electron chi connectivity index (χ2n) is 3.66. The number of carbonyl (C=O) groups is 1. The number of benzene rings is 1. The van der Waals surface area contributed by atoms with Crippen molar-refractivity contribution in [3.63, 3.8) is 0 Å². The minimum atomic E-state index is -0.468. The van der Waals surface area contributed by atoms with E-state index in [1.165, 1.54) is 0 Å². The average Bonchev–Trinajstić information content (AvgIpc) is 2.39. The number of amides is 1. The molecule has 0 spiro atoms. The van der Waals surface area contributed by atoms with Gasteiger partial charge in [-0.05, 0) is 30.3 Å². The van der Waals surface area contributed by atoms with Crippen LogP contribution in [0.4, 0.5) is 0 Å². The fourth-order valence-electron chi connectivity index (χ4n) is 1.44.